The molecule has 2 amide bonds. The van der Waals surface area contributed by atoms with E-state index < -0.39 is 43.9 Å². The van der Waals surface area contributed by atoms with Crippen molar-refractivity contribution in [2.75, 3.05) is 20.8 Å². The third-order valence-corrected chi connectivity index (χ3v) is 4.74. The van der Waals surface area contributed by atoms with Crippen molar-refractivity contribution in [2.24, 2.45) is 5.92 Å². The van der Waals surface area contributed by atoms with Gasteiger partial charge >= 0.3 is 7.82 Å². The predicted octanol–water partition coefficient (Wildman–Crippen LogP) is -0.245. The summed E-state index contributed by atoms with van der Waals surface area (Å²) in [5.74, 6) is 0.189. The van der Waals surface area contributed by atoms with Gasteiger partial charge in [0.1, 0.15) is 12.2 Å². The predicted molar refractivity (Wildman–Crippen MR) is 80.4 cm³/mol. The largest absolute Gasteiger partial charge is 0.472 e. The fourth-order valence-electron chi connectivity index (χ4n) is 2.60. The Morgan fingerprint density at radius 1 is 1.50 bits per heavy atom. The van der Waals surface area contributed by atoms with Crippen molar-refractivity contribution in [3.8, 4) is 12.3 Å². The van der Waals surface area contributed by atoms with Crippen LogP contribution in [0.15, 0.2) is 11.6 Å². The summed E-state index contributed by atoms with van der Waals surface area (Å²) in [4.78, 5) is 33.1. The average Bonchev–Trinajstić information content (AvgIpc) is 2.90. The molecule has 2 rings (SSSR count). The number of carbonyl (C=O) groups excluding carboxylic acids is 2. The number of imide groups is 1. The third kappa shape index (κ3) is 4.11. The van der Waals surface area contributed by atoms with Crippen LogP contribution in [0.25, 0.3) is 0 Å². The SMILES string of the molecule is C#CC1=CC([C@H]2CC(OP(=O)(O)OC)[C@@H](COC)O2)C(=O)NC1=O. The Morgan fingerprint density at radius 2 is 2.21 bits per heavy atom. The molecule has 0 aliphatic carbocycles. The van der Waals surface area contributed by atoms with E-state index in [0.717, 1.165) is 7.11 Å². The lowest BCUT2D eigenvalue weighted by Gasteiger charge is -2.23. The molecular weight excluding hydrogens is 341 g/mol. The summed E-state index contributed by atoms with van der Waals surface area (Å²) in [6.07, 6.45) is 4.53. The number of terminal acetylenes is 1. The smallest absolute Gasteiger partial charge is 0.382 e. The topological polar surface area (TPSA) is 120 Å². The van der Waals surface area contributed by atoms with Gasteiger partial charge in [0.2, 0.25) is 5.91 Å². The second-order valence-corrected chi connectivity index (χ2v) is 6.78. The maximum Gasteiger partial charge on any atom is 0.472 e. The van der Waals surface area contributed by atoms with Crippen LogP contribution in [0, 0.1) is 18.3 Å². The van der Waals surface area contributed by atoms with Gasteiger partial charge in [-0.1, -0.05) is 5.92 Å². The van der Waals surface area contributed by atoms with Crippen LogP contribution in [0.2, 0.25) is 0 Å². The van der Waals surface area contributed by atoms with Crippen molar-refractivity contribution in [1.82, 2.24) is 5.32 Å². The van der Waals surface area contributed by atoms with E-state index in [9.17, 15) is 19.0 Å². The first-order valence-electron chi connectivity index (χ1n) is 7.06. The molecular formula is C14H18NO8P. The second kappa shape index (κ2) is 7.57. The molecule has 10 heteroatoms. The van der Waals surface area contributed by atoms with Crippen molar-refractivity contribution in [1.29, 1.82) is 0 Å². The Morgan fingerprint density at radius 3 is 2.79 bits per heavy atom. The van der Waals surface area contributed by atoms with Crippen LogP contribution in [-0.4, -0.2) is 55.8 Å². The zero-order valence-electron chi connectivity index (χ0n) is 13.1. The normalized spacial score (nSPS) is 32.7. The summed E-state index contributed by atoms with van der Waals surface area (Å²) in [5.41, 5.74) is 0.0283. The number of amides is 2. The Kier molecular flexibility index (Phi) is 5.93. The molecule has 0 bridgehead atoms. The number of phosphoric acid groups is 1. The molecule has 2 heterocycles. The zero-order chi connectivity index (χ0) is 17.9. The summed E-state index contributed by atoms with van der Waals surface area (Å²) in [6.45, 7) is 0.0872. The molecule has 1 fully saturated rings. The van der Waals surface area contributed by atoms with Crippen LogP contribution in [0.4, 0.5) is 0 Å². The molecule has 2 aliphatic rings. The number of hydrogen-bond acceptors (Lipinski definition) is 7. The van der Waals surface area contributed by atoms with E-state index in [1.54, 1.807) is 0 Å². The van der Waals surface area contributed by atoms with E-state index in [4.69, 9.17) is 20.4 Å². The highest BCUT2D eigenvalue weighted by molar-refractivity contribution is 7.47. The maximum absolute atomic E-state index is 12.0. The molecule has 0 aromatic carbocycles. The molecule has 0 aromatic rings. The van der Waals surface area contributed by atoms with Gasteiger partial charge in [-0.05, 0) is 6.08 Å². The molecule has 0 aromatic heterocycles. The highest BCUT2D eigenvalue weighted by atomic mass is 31.2. The lowest BCUT2D eigenvalue weighted by molar-refractivity contribution is -0.134. The van der Waals surface area contributed by atoms with Gasteiger partial charge in [0.15, 0.2) is 0 Å². The van der Waals surface area contributed by atoms with Crippen LogP contribution >= 0.6 is 7.82 Å². The minimum absolute atomic E-state index is 0.0283. The van der Waals surface area contributed by atoms with Gasteiger partial charge in [-0.25, -0.2) is 4.57 Å². The lowest BCUT2D eigenvalue weighted by atomic mass is 9.92. The van der Waals surface area contributed by atoms with E-state index in [0.29, 0.717) is 0 Å². The first-order valence-corrected chi connectivity index (χ1v) is 8.55. The van der Waals surface area contributed by atoms with Crippen molar-refractivity contribution in [2.45, 2.75) is 24.7 Å². The van der Waals surface area contributed by atoms with Gasteiger partial charge in [-0.2, -0.15) is 0 Å². The van der Waals surface area contributed by atoms with Crippen LogP contribution < -0.4 is 5.32 Å². The molecule has 1 saturated heterocycles. The van der Waals surface area contributed by atoms with E-state index in [1.807, 2.05) is 0 Å². The molecule has 0 spiro atoms. The van der Waals surface area contributed by atoms with E-state index in [1.165, 1.54) is 13.2 Å². The second-order valence-electron chi connectivity index (χ2n) is 5.27. The van der Waals surface area contributed by atoms with Gasteiger partial charge in [-0.3, -0.25) is 24.0 Å². The van der Waals surface area contributed by atoms with Gasteiger partial charge in [0.05, 0.1) is 24.2 Å². The molecule has 5 atom stereocenters. The van der Waals surface area contributed by atoms with Crippen LogP contribution in [0.3, 0.4) is 0 Å². The molecule has 3 unspecified atom stereocenters. The lowest BCUT2D eigenvalue weighted by Crippen LogP contribution is -2.44. The van der Waals surface area contributed by atoms with E-state index in [-0.39, 0.29) is 18.6 Å². The number of hydrogen-bond donors (Lipinski definition) is 2. The Labute approximate surface area is 138 Å². The molecule has 2 N–H and O–H groups in total. The van der Waals surface area contributed by atoms with E-state index >= 15 is 0 Å². The highest BCUT2D eigenvalue weighted by Gasteiger charge is 2.45. The summed E-state index contributed by atoms with van der Waals surface area (Å²) in [7, 11) is -1.75. The summed E-state index contributed by atoms with van der Waals surface area (Å²) in [5, 5.41) is 2.16. The highest BCUT2D eigenvalue weighted by Crippen LogP contribution is 2.47. The van der Waals surface area contributed by atoms with Crippen LogP contribution in [0.1, 0.15) is 6.42 Å². The quantitative estimate of drug-likeness (QED) is 0.379. The number of rotatable bonds is 6. The monoisotopic (exact) mass is 359 g/mol. The number of ether oxygens (including phenoxy) is 2. The zero-order valence-corrected chi connectivity index (χ0v) is 14.0. The fourth-order valence-corrected chi connectivity index (χ4v) is 3.25. The molecule has 132 valence electrons. The summed E-state index contributed by atoms with van der Waals surface area (Å²) >= 11 is 0. The van der Waals surface area contributed by atoms with Gasteiger partial charge < -0.3 is 14.4 Å². The van der Waals surface area contributed by atoms with Gasteiger partial charge in [-0.15, -0.1) is 6.42 Å². The van der Waals surface area contributed by atoms with E-state index in [2.05, 4.69) is 15.8 Å². The Balaban J connectivity index is 2.19. The summed E-state index contributed by atoms with van der Waals surface area (Å²) < 4.78 is 31.8. The van der Waals surface area contributed by atoms with Gasteiger partial charge in [0, 0.05) is 20.6 Å². The van der Waals surface area contributed by atoms with Gasteiger partial charge in [0.25, 0.3) is 5.91 Å². The molecule has 9 nitrogen and oxygen atoms in total. The maximum atomic E-state index is 12.0. The Bertz CT molecular complexity index is 639. The van der Waals surface area contributed by atoms with Crippen molar-refractivity contribution in [3.05, 3.63) is 11.6 Å². The first-order chi connectivity index (χ1) is 11.3. The number of carbonyl (C=O) groups is 2. The molecule has 0 radical (unpaired) electrons. The average molecular weight is 359 g/mol. The third-order valence-electron chi connectivity index (χ3n) is 3.75. The van der Waals surface area contributed by atoms with Crippen LogP contribution in [0.5, 0.6) is 0 Å². The minimum Gasteiger partial charge on any atom is -0.382 e. The van der Waals surface area contributed by atoms with Crippen LogP contribution in [-0.2, 0) is 32.7 Å². The first kappa shape index (κ1) is 18.8. The standard InChI is InChI=1S/C14H18NO8P/c1-4-8-5-9(14(17)15-13(8)16)10-6-11(12(22-10)7-20-2)23-24(18,19)21-3/h1,5,9-12H,6-7H2,2-3H3,(H,18,19)(H,15,16,17)/t9?,10-,11?,12-/m1/s1. The number of phosphoric ester groups is 1. The van der Waals surface area contributed by atoms with Crippen molar-refractivity contribution >= 4 is 19.6 Å². The molecule has 0 saturated carbocycles. The van der Waals surface area contributed by atoms with Crippen molar-refractivity contribution < 1.29 is 37.6 Å². The fraction of sp³-hybridized carbons (Fsp3) is 0.571. The Hall–Kier alpha value is -1.53. The number of nitrogens with one attached hydrogen (secondary N) is 1. The minimum atomic E-state index is -4.23. The number of methoxy groups -OCH3 is 1. The molecule has 2 aliphatic heterocycles. The van der Waals surface area contributed by atoms with Crippen molar-refractivity contribution in [3.63, 3.8) is 0 Å². The summed E-state index contributed by atoms with van der Waals surface area (Å²) in [6, 6.07) is 0. The molecule has 24 heavy (non-hydrogen) atoms.